The van der Waals surface area contributed by atoms with Gasteiger partial charge in [-0.05, 0) is 18.6 Å². The third-order valence-electron chi connectivity index (χ3n) is 2.19. The molecule has 12 heavy (non-hydrogen) atoms. The van der Waals surface area contributed by atoms with Crippen LogP contribution in [0.15, 0.2) is 22.8 Å². The first-order valence-electron chi connectivity index (χ1n) is 4.16. The van der Waals surface area contributed by atoms with Crippen LogP contribution < -0.4 is 5.32 Å². The zero-order chi connectivity index (χ0) is 8.39. The number of nitrogens with one attached hydrogen (secondary N) is 1. The Bertz CT molecular complexity index is 266. The van der Waals surface area contributed by atoms with E-state index in [4.69, 9.17) is 4.42 Å². The smallest absolute Gasteiger partial charge is 0.223 e. The van der Waals surface area contributed by atoms with Crippen molar-refractivity contribution in [1.82, 2.24) is 5.32 Å². The lowest BCUT2D eigenvalue weighted by molar-refractivity contribution is -0.122. The third kappa shape index (κ3) is 1.35. The average Bonchev–Trinajstić information content (AvgIpc) is 2.65. The van der Waals surface area contributed by atoms with Crippen molar-refractivity contribution in [3.05, 3.63) is 24.2 Å². The van der Waals surface area contributed by atoms with Gasteiger partial charge < -0.3 is 9.73 Å². The minimum atomic E-state index is 0.121. The summed E-state index contributed by atoms with van der Waals surface area (Å²) in [5.41, 5.74) is 0. The Labute approximate surface area is 70.8 Å². The maximum Gasteiger partial charge on any atom is 0.223 e. The fourth-order valence-electron chi connectivity index (χ4n) is 1.51. The third-order valence-corrected chi connectivity index (χ3v) is 2.19. The van der Waals surface area contributed by atoms with Crippen LogP contribution in [0.5, 0.6) is 0 Å². The van der Waals surface area contributed by atoms with Crippen LogP contribution in [0.3, 0.4) is 0 Å². The second-order valence-electron chi connectivity index (χ2n) is 3.06. The van der Waals surface area contributed by atoms with Crippen molar-refractivity contribution in [3.8, 4) is 0 Å². The summed E-state index contributed by atoms with van der Waals surface area (Å²) in [7, 11) is 0. The van der Waals surface area contributed by atoms with Gasteiger partial charge in [-0.15, -0.1) is 0 Å². The van der Waals surface area contributed by atoms with Crippen molar-refractivity contribution in [2.45, 2.75) is 12.8 Å². The fourth-order valence-corrected chi connectivity index (χ4v) is 1.51. The number of furan rings is 1. The van der Waals surface area contributed by atoms with Gasteiger partial charge in [0, 0.05) is 18.9 Å². The summed E-state index contributed by atoms with van der Waals surface area (Å²) in [5, 5.41) is 2.80. The van der Waals surface area contributed by atoms with Crippen LogP contribution in [0, 0.1) is 5.92 Å². The molecule has 1 atom stereocenters. The molecule has 1 saturated heterocycles. The van der Waals surface area contributed by atoms with E-state index in [2.05, 4.69) is 5.32 Å². The van der Waals surface area contributed by atoms with Crippen molar-refractivity contribution in [1.29, 1.82) is 0 Å². The van der Waals surface area contributed by atoms with Crippen molar-refractivity contribution in [2.24, 2.45) is 5.92 Å². The predicted octanol–water partition coefficient (Wildman–Crippen LogP) is 0.958. The standard InChI is InChI=1S/C9H11NO2/c11-9-7(3-4-10-9)6-8-2-1-5-12-8/h1-2,5,7H,3-4,6H2,(H,10,11). The molecule has 0 saturated carbocycles. The van der Waals surface area contributed by atoms with Gasteiger partial charge in [-0.25, -0.2) is 0 Å². The second kappa shape index (κ2) is 3.01. The number of hydrogen-bond acceptors (Lipinski definition) is 2. The second-order valence-corrected chi connectivity index (χ2v) is 3.06. The molecular formula is C9H11NO2. The number of amides is 1. The Hall–Kier alpha value is -1.25. The van der Waals surface area contributed by atoms with Crippen molar-refractivity contribution >= 4 is 5.91 Å². The Morgan fingerprint density at radius 3 is 3.17 bits per heavy atom. The molecule has 1 aliphatic rings. The molecule has 3 nitrogen and oxygen atoms in total. The summed E-state index contributed by atoms with van der Waals surface area (Å²) in [6.45, 7) is 0.810. The van der Waals surface area contributed by atoms with E-state index >= 15 is 0 Å². The van der Waals surface area contributed by atoms with Crippen LogP contribution in [0.1, 0.15) is 12.2 Å². The summed E-state index contributed by atoms with van der Waals surface area (Å²) >= 11 is 0. The number of carbonyl (C=O) groups is 1. The maximum absolute atomic E-state index is 11.1. The van der Waals surface area contributed by atoms with Gasteiger partial charge in [-0.2, -0.15) is 0 Å². The SMILES string of the molecule is O=C1NCCC1Cc1ccco1. The van der Waals surface area contributed by atoms with Gasteiger partial charge >= 0.3 is 0 Å². The summed E-state index contributed by atoms with van der Waals surface area (Å²) in [6.07, 6.45) is 3.31. The molecule has 64 valence electrons. The molecule has 0 bridgehead atoms. The molecular weight excluding hydrogens is 154 g/mol. The maximum atomic E-state index is 11.1. The molecule has 0 aliphatic carbocycles. The van der Waals surface area contributed by atoms with E-state index in [0.29, 0.717) is 0 Å². The summed E-state index contributed by atoms with van der Waals surface area (Å²) in [6, 6.07) is 3.76. The van der Waals surface area contributed by atoms with Gasteiger partial charge in [0.05, 0.1) is 6.26 Å². The number of rotatable bonds is 2. The molecule has 1 aromatic rings. The molecule has 0 aromatic carbocycles. The lowest BCUT2D eigenvalue weighted by Crippen LogP contribution is -2.20. The van der Waals surface area contributed by atoms with Crippen LogP contribution >= 0.6 is 0 Å². The fraction of sp³-hybridized carbons (Fsp3) is 0.444. The zero-order valence-electron chi connectivity index (χ0n) is 6.75. The normalized spacial score (nSPS) is 22.7. The van der Waals surface area contributed by atoms with Gasteiger partial charge in [0.25, 0.3) is 0 Å². The first-order chi connectivity index (χ1) is 5.86. The van der Waals surface area contributed by atoms with E-state index in [1.807, 2.05) is 12.1 Å². The molecule has 2 heterocycles. The van der Waals surface area contributed by atoms with Crippen LogP contribution in [-0.4, -0.2) is 12.5 Å². The highest BCUT2D eigenvalue weighted by atomic mass is 16.3. The monoisotopic (exact) mass is 165 g/mol. The molecule has 2 rings (SSSR count). The molecule has 1 fully saturated rings. The highest BCUT2D eigenvalue weighted by Gasteiger charge is 2.24. The molecule has 0 spiro atoms. The quantitative estimate of drug-likeness (QED) is 0.709. The van der Waals surface area contributed by atoms with E-state index in [1.54, 1.807) is 6.26 Å². The summed E-state index contributed by atoms with van der Waals surface area (Å²) in [4.78, 5) is 11.1. The molecule has 1 N–H and O–H groups in total. The van der Waals surface area contributed by atoms with Gasteiger partial charge in [0.15, 0.2) is 0 Å². The first kappa shape index (κ1) is 7.40. The lowest BCUT2D eigenvalue weighted by Gasteiger charge is -2.02. The highest BCUT2D eigenvalue weighted by Crippen LogP contribution is 2.16. The Morgan fingerprint density at radius 1 is 1.67 bits per heavy atom. The van der Waals surface area contributed by atoms with Gasteiger partial charge in [0.1, 0.15) is 5.76 Å². The minimum absolute atomic E-state index is 0.121. The zero-order valence-corrected chi connectivity index (χ0v) is 6.75. The van der Waals surface area contributed by atoms with Crippen LogP contribution in [-0.2, 0) is 11.2 Å². The van der Waals surface area contributed by atoms with E-state index in [-0.39, 0.29) is 11.8 Å². The van der Waals surface area contributed by atoms with Crippen molar-refractivity contribution < 1.29 is 9.21 Å². The van der Waals surface area contributed by atoms with Gasteiger partial charge in [-0.3, -0.25) is 4.79 Å². The molecule has 0 radical (unpaired) electrons. The Kier molecular flexibility index (Phi) is 1.86. The lowest BCUT2D eigenvalue weighted by atomic mass is 10.0. The van der Waals surface area contributed by atoms with Crippen LogP contribution in [0.2, 0.25) is 0 Å². The van der Waals surface area contributed by atoms with Crippen LogP contribution in [0.25, 0.3) is 0 Å². The largest absolute Gasteiger partial charge is 0.469 e. The molecule has 1 amide bonds. The average molecular weight is 165 g/mol. The molecule has 1 unspecified atom stereocenters. The molecule has 1 aliphatic heterocycles. The first-order valence-corrected chi connectivity index (χ1v) is 4.16. The Balaban J connectivity index is 1.99. The minimum Gasteiger partial charge on any atom is -0.469 e. The van der Waals surface area contributed by atoms with Gasteiger partial charge in [0.2, 0.25) is 5.91 Å². The molecule has 1 aromatic heterocycles. The van der Waals surface area contributed by atoms with E-state index in [9.17, 15) is 4.79 Å². The number of carbonyl (C=O) groups excluding carboxylic acids is 1. The number of hydrogen-bond donors (Lipinski definition) is 1. The molecule has 3 heteroatoms. The highest BCUT2D eigenvalue weighted by molar-refractivity contribution is 5.80. The topological polar surface area (TPSA) is 42.2 Å². The van der Waals surface area contributed by atoms with E-state index in [0.717, 1.165) is 25.1 Å². The van der Waals surface area contributed by atoms with Gasteiger partial charge in [-0.1, -0.05) is 0 Å². The predicted molar refractivity (Wildman–Crippen MR) is 43.5 cm³/mol. The Morgan fingerprint density at radius 2 is 2.58 bits per heavy atom. The van der Waals surface area contributed by atoms with Crippen molar-refractivity contribution in [3.63, 3.8) is 0 Å². The summed E-state index contributed by atoms with van der Waals surface area (Å²) in [5.74, 6) is 1.18. The summed E-state index contributed by atoms with van der Waals surface area (Å²) < 4.78 is 5.16. The van der Waals surface area contributed by atoms with E-state index in [1.165, 1.54) is 0 Å². The van der Waals surface area contributed by atoms with Crippen LogP contribution in [0.4, 0.5) is 0 Å². The van der Waals surface area contributed by atoms with E-state index < -0.39 is 0 Å². The van der Waals surface area contributed by atoms with Crippen molar-refractivity contribution in [2.75, 3.05) is 6.54 Å².